The number of rotatable bonds is 16. The summed E-state index contributed by atoms with van der Waals surface area (Å²) in [5.74, 6) is -4.15. The van der Waals surface area contributed by atoms with Gasteiger partial charge in [-0.05, 0) is 68.7 Å². The van der Waals surface area contributed by atoms with Gasteiger partial charge in [0.25, 0.3) is 5.60 Å². The molecule has 17 nitrogen and oxygen atoms in total. The van der Waals surface area contributed by atoms with E-state index in [1.165, 1.54) is 48.9 Å². The quantitative estimate of drug-likeness (QED) is 0.0776. The van der Waals surface area contributed by atoms with Crippen LogP contribution in [-0.2, 0) is 64.2 Å². The first-order valence-corrected chi connectivity index (χ1v) is 29.4. The first-order chi connectivity index (χ1) is 40.1. The highest BCUT2D eigenvalue weighted by molar-refractivity contribution is 9.11. The van der Waals surface area contributed by atoms with Crippen LogP contribution in [0.3, 0.4) is 0 Å². The summed E-state index contributed by atoms with van der Waals surface area (Å²) in [6, 6.07) is 6.67. The zero-order valence-corrected chi connectivity index (χ0v) is 50.1. The fraction of sp³-hybridized carbons (Fsp3) is 0.556. The minimum Gasteiger partial charge on any atom is -0.459 e. The van der Waals surface area contributed by atoms with E-state index in [0.29, 0.717) is 56.3 Å². The molecule has 0 radical (unpaired) electrons. The minimum absolute atomic E-state index is 0.0257. The second-order valence-corrected chi connectivity index (χ2v) is 23.2. The van der Waals surface area contributed by atoms with Crippen LogP contribution >= 0.6 is 15.9 Å². The van der Waals surface area contributed by atoms with Crippen molar-refractivity contribution in [3.8, 4) is 0 Å². The topological polar surface area (TPSA) is 210 Å². The molecule has 0 saturated carbocycles. The van der Waals surface area contributed by atoms with E-state index >= 15 is 13.2 Å². The lowest BCUT2D eigenvalue weighted by atomic mass is 9.79. The summed E-state index contributed by atoms with van der Waals surface area (Å²) < 4.78 is 111. The average Bonchev–Trinajstić information content (AvgIpc) is 4.09. The molecule has 0 unspecified atom stereocenters. The number of allylic oxidation sites excluding steroid dienone is 2. The molecular weight excluding hydrogens is 1160 g/mol. The molecule has 0 aliphatic carbocycles. The van der Waals surface area contributed by atoms with Crippen molar-refractivity contribution in [2.45, 2.75) is 189 Å². The van der Waals surface area contributed by atoms with Crippen LogP contribution in [0.5, 0.6) is 0 Å². The number of methoxy groups -OCH3 is 3. The Morgan fingerprint density at radius 1 is 0.929 bits per heavy atom. The number of benzene rings is 1. The Hall–Kier alpha value is -5.33. The summed E-state index contributed by atoms with van der Waals surface area (Å²) in [5.41, 5.74) is -0.560. The number of aliphatic hydroxyl groups is 2. The first-order valence-electron chi connectivity index (χ1n) is 28.5. The van der Waals surface area contributed by atoms with Gasteiger partial charge in [-0.25, -0.2) is 19.6 Å². The predicted octanol–water partition coefficient (Wildman–Crippen LogP) is 11.4. The molecule has 16 atom stereocenters. The SMILES string of the molecule is C=C1C[C@@H]2C[C@H]3C[C@@H](OC(=O)[C@@](OC)(c4ccccc4)C(F)(F)F)C[C@@H](O3)c3coc(n3)/C=C/C[C@H]3O[C@@H](/C(C)=C/c4coc(C[C@]5(O)C[C@H](OC)C[C@H]([C@H](O)/C=C(C)/C=C/[C@@H](C/C=C/Br)OC)O5)n4)[C@H](C)[C@@H](OC(=O)/C=C\C[C@@H](C1)O2)[C@@H]3C. The summed E-state index contributed by atoms with van der Waals surface area (Å²) in [4.78, 5) is 38.9. The van der Waals surface area contributed by atoms with Crippen molar-refractivity contribution < 1.29 is 84.4 Å². The van der Waals surface area contributed by atoms with Crippen LogP contribution < -0.4 is 0 Å². The second kappa shape index (κ2) is 28.9. The van der Waals surface area contributed by atoms with Gasteiger partial charge in [-0.1, -0.05) is 114 Å². The Labute approximate surface area is 497 Å². The normalized spacial score (nSPS) is 32.7. The van der Waals surface area contributed by atoms with E-state index < -0.39 is 96.1 Å². The molecule has 7 heterocycles. The molecule has 8 bridgehead atoms. The van der Waals surface area contributed by atoms with Crippen LogP contribution in [0, 0.1) is 11.8 Å². The van der Waals surface area contributed by atoms with Crippen molar-refractivity contribution in [2.24, 2.45) is 11.8 Å². The number of ether oxygens (including phenoxy) is 9. The molecule has 458 valence electrons. The maximum atomic E-state index is 15.0. The molecule has 2 N–H and O–H groups in total. The van der Waals surface area contributed by atoms with Crippen molar-refractivity contribution in [1.29, 1.82) is 0 Å². The van der Waals surface area contributed by atoms with Gasteiger partial charge in [-0.3, -0.25) is 0 Å². The lowest BCUT2D eigenvalue weighted by Gasteiger charge is -2.44. The summed E-state index contributed by atoms with van der Waals surface area (Å²) in [5, 5.41) is 23.2. The highest BCUT2D eigenvalue weighted by Gasteiger charge is 2.64. The largest absolute Gasteiger partial charge is 0.459 e. The van der Waals surface area contributed by atoms with Gasteiger partial charge in [-0.2, -0.15) is 13.2 Å². The molecule has 0 spiro atoms. The van der Waals surface area contributed by atoms with Gasteiger partial charge < -0.3 is 61.7 Å². The summed E-state index contributed by atoms with van der Waals surface area (Å²) in [6.07, 6.45) is 9.13. The molecule has 5 aliphatic heterocycles. The van der Waals surface area contributed by atoms with Crippen molar-refractivity contribution in [1.82, 2.24) is 9.97 Å². The van der Waals surface area contributed by atoms with Crippen LogP contribution in [0.15, 0.2) is 123 Å². The molecule has 84 heavy (non-hydrogen) atoms. The van der Waals surface area contributed by atoms with Gasteiger partial charge in [0.2, 0.25) is 5.89 Å². The Balaban J connectivity index is 1.00. The van der Waals surface area contributed by atoms with E-state index in [1.54, 1.807) is 37.4 Å². The highest BCUT2D eigenvalue weighted by atomic mass is 79.9. The van der Waals surface area contributed by atoms with Gasteiger partial charge >= 0.3 is 18.1 Å². The maximum Gasteiger partial charge on any atom is 0.432 e. The molecular formula is C63H78BrF3N2O15. The molecule has 21 heteroatoms. The number of oxazole rings is 2. The minimum atomic E-state index is -5.17. The lowest BCUT2D eigenvalue weighted by Crippen LogP contribution is -2.53. The number of nitrogens with zero attached hydrogens (tertiary/aromatic N) is 2. The molecule has 2 aromatic heterocycles. The van der Waals surface area contributed by atoms with E-state index in [9.17, 15) is 19.8 Å². The molecule has 0 amide bonds. The summed E-state index contributed by atoms with van der Waals surface area (Å²) in [6.45, 7) is 12.0. The first kappa shape index (κ1) is 64.7. The number of halogens is 4. The van der Waals surface area contributed by atoms with Crippen LogP contribution in [0.4, 0.5) is 13.2 Å². The fourth-order valence-electron chi connectivity index (χ4n) is 12.1. The highest BCUT2D eigenvalue weighted by Crippen LogP contribution is 2.45. The van der Waals surface area contributed by atoms with Gasteiger partial charge in [0.15, 0.2) is 11.7 Å². The van der Waals surface area contributed by atoms with Crippen molar-refractivity contribution in [3.05, 3.63) is 142 Å². The Kier molecular flexibility index (Phi) is 22.3. The maximum absolute atomic E-state index is 15.0. The summed E-state index contributed by atoms with van der Waals surface area (Å²) in [7, 11) is 4.01. The van der Waals surface area contributed by atoms with E-state index in [0.717, 1.165) is 23.8 Å². The third kappa shape index (κ3) is 16.2. The number of aromatic nitrogens is 2. The number of aliphatic hydroxyl groups excluding tert-OH is 1. The van der Waals surface area contributed by atoms with Crippen molar-refractivity contribution in [3.63, 3.8) is 0 Å². The molecule has 1 aromatic carbocycles. The van der Waals surface area contributed by atoms with Crippen LogP contribution in [0.1, 0.15) is 127 Å². The lowest BCUT2D eigenvalue weighted by molar-refractivity contribution is -0.286. The van der Waals surface area contributed by atoms with Crippen LogP contribution in [0.2, 0.25) is 0 Å². The Morgan fingerprint density at radius 3 is 2.42 bits per heavy atom. The zero-order valence-electron chi connectivity index (χ0n) is 48.5. The monoisotopic (exact) mass is 1240 g/mol. The molecule has 5 aliphatic rings. The van der Waals surface area contributed by atoms with Crippen LogP contribution in [0.25, 0.3) is 12.2 Å². The number of carbonyl (C=O) groups excluding carboxylic acids is 2. The number of carbonyl (C=O) groups is 2. The average molecular weight is 1240 g/mol. The number of esters is 2. The number of fused-ring (bicyclic) bond motifs is 9. The number of hydrogen-bond acceptors (Lipinski definition) is 17. The predicted molar refractivity (Wildman–Crippen MR) is 306 cm³/mol. The standard InChI is InChI=1S/C63H78BrF3N2O15/c1-37(22-23-44(74-6)18-14-24-64)27-51(70)54-32-49(75-7)33-61(73,84-54)34-56-68-43(35-77-56)28-39(3)58-41(5)59-40(4)52(82-58)19-13-20-55-69-50(36-78-55)53-31-48(81-60(72)62(76-8,63(65,66)67)42-15-10-9-11-16-42)30-47(80-53)29-46-26-38(2)25-45(79-46)17-12-21-57(71)83-59/h9-16,20-24,27-28,35-36,40-41,44-49,51-54,58-59,70,73H,2,17-19,25-26,29-34H2,1,3-8H3/b20-13+,21-12-,23-22+,24-14+,37-27+,39-28+/t40-,41+,44-,45+,46-,47+,48-,49-,51-,52-,53-,54-,58+,59+,61+,62+/m1/s1. The van der Waals surface area contributed by atoms with E-state index in [4.69, 9.17) is 61.4 Å². The molecule has 3 aromatic rings. The molecule has 4 fully saturated rings. The van der Waals surface area contributed by atoms with E-state index in [-0.39, 0.29) is 61.5 Å². The van der Waals surface area contributed by atoms with Gasteiger partial charge in [-0.15, -0.1) is 0 Å². The van der Waals surface area contributed by atoms with Gasteiger partial charge in [0, 0.05) is 76.9 Å². The van der Waals surface area contributed by atoms with Crippen molar-refractivity contribution >= 4 is 40.0 Å². The fourth-order valence-corrected chi connectivity index (χ4v) is 12.3. The Morgan fingerprint density at radius 2 is 1.69 bits per heavy atom. The third-order valence-corrected chi connectivity index (χ3v) is 16.7. The van der Waals surface area contributed by atoms with Gasteiger partial charge in [0.1, 0.15) is 42.2 Å². The number of hydrogen-bond donors (Lipinski definition) is 2. The van der Waals surface area contributed by atoms with E-state index in [2.05, 4.69) is 22.5 Å². The molecule has 8 rings (SSSR count). The third-order valence-electron chi connectivity index (χ3n) is 16.3. The Bertz CT molecular complexity index is 2880. The second-order valence-electron chi connectivity index (χ2n) is 22.6. The van der Waals surface area contributed by atoms with E-state index in [1.807, 2.05) is 58.1 Å². The van der Waals surface area contributed by atoms with Crippen molar-refractivity contribution in [2.75, 3.05) is 21.3 Å². The van der Waals surface area contributed by atoms with Crippen LogP contribution in [-0.4, -0.2) is 133 Å². The molecule has 4 saturated heterocycles. The zero-order chi connectivity index (χ0) is 60.3. The summed E-state index contributed by atoms with van der Waals surface area (Å²) >= 11 is 3.28. The number of alkyl halides is 3. The smallest absolute Gasteiger partial charge is 0.432 e. The van der Waals surface area contributed by atoms with Gasteiger partial charge in [0.05, 0.1) is 61.4 Å².